The van der Waals surface area contributed by atoms with Gasteiger partial charge in [-0.15, -0.1) is 0 Å². The first-order valence-electron chi connectivity index (χ1n) is 6.72. The topological polar surface area (TPSA) is 43.8 Å². The predicted molar refractivity (Wildman–Crippen MR) is 78.9 cm³/mol. The van der Waals surface area contributed by atoms with Crippen molar-refractivity contribution in [2.75, 3.05) is 5.73 Å². The summed E-state index contributed by atoms with van der Waals surface area (Å²) in [5.41, 5.74) is 7.46. The van der Waals surface area contributed by atoms with Crippen molar-refractivity contribution in [3.63, 3.8) is 0 Å². The van der Waals surface area contributed by atoms with Gasteiger partial charge in [0.05, 0.1) is 5.52 Å². The zero-order valence-electron chi connectivity index (χ0n) is 11.6. The number of fused-ring (bicyclic) bond motifs is 1. The van der Waals surface area contributed by atoms with Crippen LogP contribution in [-0.2, 0) is 6.54 Å². The maximum Gasteiger partial charge on any atom is 0.201 e. The van der Waals surface area contributed by atoms with Gasteiger partial charge in [-0.25, -0.2) is 13.8 Å². The van der Waals surface area contributed by atoms with Crippen molar-refractivity contribution in [2.24, 2.45) is 0 Å². The van der Waals surface area contributed by atoms with Crippen LogP contribution in [0.3, 0.4) is 0 Å². The van der Waals surface area contributed by atoms with E-state index < -0.39 is 11.6 Å². The number of aromatic nitrogens is 2. The highest BCUT2D eigenvalue weighted by molar-refractivity contribution is 5.79. The van der Waals surface area contributed by atoms with E-state index in [9.17, 15) is 8.78 Å². The molecular weight excluding hydrogens is 272 g/mol. The summed E-state index contributed by atoms with van der Waals surface area (Å²) in [5, 5.41) is 0. The highest BCUT2D eigenvalue weighted by Crippen LogP contribution is 2.26. The molecule has 0 spiro atoms. The van der Waals surface area contributed by atoms with E-state index in [1.54, 1.807) is 0 Å². The molecule has 2 aromatic carbocycles. The van der Waals surface area contributed by atoms with E-state index in [1.807, 2.05) is 37.3 Å². The minimum Gasteiger partial charge on any atom is -0.369 e. The second kappa shape index (κ2) is 5.16. The van der Waals surface area contributed by atoms with Crippen LogP contribution < -0.4 is 5.73 Å². The second-order valence-corrected chi connectivity index (χ2v) is 5.12. The molecule has 3 nitrogen and oxygen atoms in total. The van der Waals surface area contributed by atoms with Gasteiger partial charge in [0.15, 0.2) is 11.6 Å². The molecule has 1 aromatic heterocycles. The Morgan fingerprint density at radius 1 is 1.14 bits per heavy atom. The smallest absolute Gasteiger partial charge is 0.201 e. The molecule has 0 aliphatic rings. The van der Waals surface area contributed by atoms with E-state index in [2.05, 4.69) is 4.98 Å². The van der Waals surface area contributed by atoms with Crippen molar-refractivity contribution in [2.45, 2.75) is 19.4 Å². The van der Waals surface area contributed by atoms with Crippen molar-refractivity contribution in [3.05, 3.63) is 59.7 Å². The summed E-state index contributed by atoms with van der Waals surface area (Å²) >= 11 is 0. The van der Waals surface area contributed by atoms with Gasteiger partial charge in [0, 0.05) is 6.54 Å². The predicted octanol–water partition coefficient (Wildman–Crippen LogP) is 3.70. The van der Waals surface area contributed by atoms with E-state index in [-0.39, 0.29) is 17.4 Å². The van der Waals surface area contributed by atoms with Gasteiger partial charge in [-0.2, -0.15) is 0 Å². The van der Waals surface area contributed by atoms with Crippen molar-refractivity contribution >= 4 is 17.0 Å². The molecule has 0 saturated heterocycles. The SMILES string of the molecule is CC(Cn1c(N)nc2ccc(F)c(F)c21)c1ccccc1. The lowest BCUT2D eigenvalue weighted by atomic mass is 10.0. The zero-order chi connectivity index (χ0) is 15.0. The maximum absolute atomic E-state index is 14.0. The van der Waals surface area contributed by atoms with Gasteiger partial charge in [0.2, 0.25) is 5.95 Å². The molecule has 0 amide bonds. The third-order valence-electron chi connectivity index (χ3n) is 3.65. The van der Waals surface area contributed by atoms with E-state index in [4.69, 9.17) is 5.73 Å². The molecule has 0 radical (unpaired) electrons. The first-order valence-corrected chi connectivity index (χ1v) is 6.72. The monoisotopic (exact) mass is 287 g/mol. The quantitative estimate of drug-likeness (QED) is 0.798. The lowest BCUT2D eigenvalue weighted by molar-refractivity contribution is 0.508. The van der Waals surface area contributed by atoms with Gasteiger partial charge in [0.25, 0.3) is 0 Å². The van der Waals surface area contributed by atoms with Crippen LogP contribution >= 0.6 is 0 Å². The molecule has 3 aromatic rings. The third kappa shape index (κ3) is 2.35. The fourth-order valence-electron chi connectivity index (χ4n) is 2.52. The van der Waals surface area contributed by atoms with E-state index in [1.165, 1.54) is 10.6 Å². The van der Waals surface area contributed by atoms with Gasteiger partial charge in [-0.05, 0) is 23.6 Å². The zero-order valence-corrected chi connectivity index (χ0v) is 11.6. The maximum atomic E-state index is 14.0. The number of anilines is 1. The molecule has 21 heavy (non-hydrogen) atoms. The molecule has 0 bridgehead atoms. The average molecular weight is 287 g/mol. The van der Waals surface area contributed by atoms with Crippen LogP contribution in [0.15, 0.2) is 42.5 Å². The fourth-order valence-corrected chi connectivity index (χ4v) is 2.52. The summed E-state index contributed by atoms with van der Waals surface area (Å²) in [7, 11) is 0. The van der Waals surface area contributed by atoms with Gasteiger partial charge in [0.1, 0.15) is 5.52 Å². The number of nitrogens with zero attached hydrogens (tertiary/aromatic N) is 2. The Labute approximate surface area is 121 Å². The normalized spacial score (nSPS) is 12.7. The Morgan fingerprint density at radius 2 is 1.86 bits per heavy atom. The summed E-state index contributed by atoms with van der Waals surface area (Å²) in [6.45, 7) is 2.45. The Morgan fingerprint density at radius 3 is 2.57 bits per heavy atom. The molecule has 2 N–H and O–H groups in total. The Balaban J connectivity index is 2.05. The Bertz CT molecular complexity index is 781. The molecule has 1 unspecified atom stereocenters. The van der Waals surface area contributed by atoms with Crippen LogP contribution in [0.25, 0.3) is 11.0 Å². The standard InChI is InChI=1S/C16H15F2N3/c1-10(11-5-3-2-4-6-11)9-21-15-13(20-16(21)19)8-7-12(17)14(15)18/h2-8,10H,9H2,1H3,(H2,19,20). The average Bonchev–Trinajstić information content (AvgIpc) is 2.81. The molecule has 0 saturated carbocycles. The summed E-state index contributed by atoms with van der Waals surface area (Å²) in [5.74, 6) is -1.50. The Kier molecular flexibility index (Phi) is 3.33. The first-order chi connectivity index (χ1) is 10.1. The Hall–Kier alpha value is -2.43. The molecule has 3 rings (SSSR count). The van der Waals surface area contributed by atoms with Crippen molar-refractivity contribution < 1.29 is 8.78 Å². The number of hydrogen-bond acceptors (Lipinski definition) is 2. The van der Waals surface area contributed by atoms with E-state index in [0.717, 1.165) is 11.6 Å². The lowest BCUT2D eigenvalue weighted by Crippen LogP contribution is -2.10. The number of nitrogens with two attached hydrogens (primary N) is 1. The molecule has 1 heterocycles. The van der Waals surface area contributed by atoms with Crippen LogP contribution in [0.2, 0.25) is 0 Å². The van der Waals surface area contributed by atoms with Gasteiger partial charge < -0.3 is 10.3 Å². The van der Waals surface area contributed by atoms with Crippen LogP contribution in [0, 0.1) is 11.6 Å². The minimum absolute atomic E-state index is 0.105. The molecule has 0 aliphatic heterocycles. The number of nitrogen functional groups attached to an aromatic ring is 1. The van der Waals surface area contributed by atoms with E-state index >= 15 is 0 Å². The summed E-state index contributed by atoms with van der Waals surface area (Å²) < 4.78 is 29.0. The van der Waals surface area contributed by atoms with Crippen molar-refractivity contribution in [1.29, 1.82) is 0 Å². The third-order valence-corrected chi connectivity index (χ3v) is 3.65. The minimum atomic E-state index is -0.906. The summed E-state index contributed by atoms with van der Waals surface area (Å²) in [4.78, 5) is 4.10. The molecule has 5 heteroatoms. The number of benzene rings is 2. The molecular formula is C16H15F2N3. The molecule has 1 atom stereocenters. The largest absolute Gasteiger partial charge is 0.369 e. The highest BCUT2D eigenvalue weighted by Gasteiger charge is 2.18. The second-order valence-electron chi connectivity index (χ2n) is 5.12. The van der Waals surface area contributed by atoms with Crippen LogP contribution in [-0.4, -0.2) is 9.55 Å². The van der Waals surface area contributed by atoms with Crippen LogP contribution in [0.1, 0.15) is 18.4 Å². The lowest BCUT2D eigenvalue weighted by Gasteiger charge is -2.14. The molecule has 0 aliphatic carbocycles. The number of rotatable bonds is 3. The van der Waals surface area contributed by atoms with Crippen molar-refractivity contribution in [1.82, 2.24) is 9.55 Å². The number of imidazole rings is 1. The first kappa shape index (κ1) is 13.5. The summed E-state index contributed by atoms with van der Waals surface area (Å²) in [6, 6.07) is 12.3. The summed E-state index contributed by atoms with van der Waals surface area (Å²) in [6.07, 6.45) is 0. The number of hydrogen-bond donors (Lipinski definition) is 1. The van der Waals surface area contributed by atoms with Gasteiger partial charge >= 0.3 is 0 Å². The fraction of sp³-hybridized carbons (Fsp3) is 0.188. The van der Waals surface area contributed by atoms with Gasteiger partial charge in [-0.1, -0.05) is 37.3 Å². The highest BCUT2D eigenvalue weighted by atomic mass is 19.2. The van der Waals surface area contributed by atoms with Crippen LogP contribution in [0.4, 0.5) is 14.7 Å². The van der Waals surface area contributed by atoms with Crippen LogP contribution in [0.5, 0.6) is 0 Å². The van der Waals surface area contributed by atoms with Crippen molar-refractivity contribution in [3.8, 4) is 0 Å². The molecule has 0 fully saturated rings. The number of halogens is 2. The molecule has 108 valence electrons. The van der Waals surface area contributed by atoms with E-state index in [0.29, 0.717) is 12.1 Å². The van der Waals surface area contributed by atoms with Gasteiger partial charge in [-0.3, -0.25) is 0 Å².